The van der Waals surface area contributed by atoms with Crippen LogP contribution in [0.2, 0.25) is 5.02 Å². The molecule has 1 unspecified atom stereocenters. The predicted octanol–water partition coefficient (Wildman–Crippen LogP) is 1.86. The van der Waals surface area contributed by atoms with Crippen molar-refractivity contribution in [2.24, 2.45) is 0 Å². The summed E-state index contributed by atoms with van der Waals surface area (Å²) < 4.78 is 0. The van der Waals surface area contributed by atoms with Gasteiger partial charge < -0.3 is 10.4 Å². The molecule has 1 aliphatic rings. The van der Waals surface area contributed by atoms with Gasteiger partial charge in [0.05, 0.1) is 0 Å². The second kappa shape index (κ2) is 4.84. The molecule has 0 saturated carbocycles. The van der Waals surface area contributed by atoms with Gasteiger partial charge in [0.1, 0.15) is 6.04 Å². The lowest BCUT2D eigenvalue weighted by atomic mass is 9.96. The average molecular weight is 248 g/mol. The first-order valence-corrected chi connectivity index (χ1v) is 4.78. The summed E-state index contributed by atoms with van der Waals surface area (Å²) in [6.45, 7) is 0.576. The molecule has 0 spiro atoms. The monoisotopic (exact) mass is 247 g/mol. The maximum absolute atomic E-state index is 10.8. The van der Waals surface area contributed by atoms with E-state index in [0.717, 1.165) is 11.1 Å². The van der Waals surface area contributed by atoms with Crippen LogP contribution in [-0.4, -0.2) is 17.1 Å². The Morgan fingerprint density at radius 2 is 2.27 bits per heavy atom. The first kappa shape index (κ1) is 12.3. The highest BCUT2D eigenvalue weighted by molar-refractivity contribution is 6.31. The number of carbonyl (C=O) groups is 1. The van der Waals surface area contributed by atoms with Crippen LogP contribution in [0.3, 0.4) is 0 Å². The van der Waals surface area contributed by atoms with Gasteiger partial charge in [-0.2, -0.15) is 0 Å². The van der Waals surface area contributed by atoms with E-state index >= 15 is 0 Å². The van der Waals surface area contributed by atoms with E-state index < -0.39 is 12.0 Å². The van der Waals surface area contributed by atoms with Crippen LogP contribution in [0.1, 0.15) is 11.1 Å². The molecule has 0 amide bonds. The Balaban J connectivity index is 0.00000112. The van der Waals surface area contributed by atoms with Crippen LogP contribution in [0.15, 0.2) is 18.2 Å². The zero-order chi connectivity index (χ0) is 10.1. The largest absolute Gasteiger partial charge is 0.480 e. The zero-order valence-corrected chi connectivity index (χ0v) is 9.44. The second-order valence-corrected chi connectivity index (χ2v) is 3.76. The molecule has 1 aromatic rings. The van der Waals surface area contributed by atoms with Gasteiger partial charge in [-0.15, -0.1) is 12.4 Å². The normalized spacial score (nSPS) is 18.9. The molecule has 1 heterocycles. The lowest BCUT2D eigenvalue weighted by Gasteiger charge is -2.23. The van der Waals surface area contributed by atoms with Gasteiger partial charge in [0.25, 0.3) is 0 Å². The molecule has 0 radical (unpaired) electrons. The molecule has 1 aromatic carbocycles. The van der Waals surface area contributed by atoms with Crippen LogP contribution < -0.4 is 5.32 Å². The van der Waals surface area contributed by atoms with E-state index in [4.69, 9.17) is 16.7 Å². The minimum atomic E-state index is -0.824. The highest BCUT2D eigenvalue weighted by Gasteiger charge is 2.24. The Morgan fingerprint density at radius 1 is 1.53 bits per heavy atom. The molecular weight excluding hydrogens is 237 g/mol. The number of fused-ring (bicyclic) bond motifs is 1. The number of halogens is 2. The highest BCUT2D eigenvalue weighted by atomic mass is 35.5. The smallest absolute Gasteiger partial charge is 0.321 e. The molecule has 15 heavy (non-hydrogen) atoms. The third-order valence-corrected chi connectivity index (χ3v) is 2.82. The lowest BCUT2D eigenvalue weighted by molar-refractivity contribution is -0.139. The summed E-state index contributed by atoms with van der Waals surface area (Å²) in [6, 6.07) is 5.13. The van der Waals surface area contributed by atoms with Crippen LogP contribution in [0, 0.1) is 0 Å². The molecule has 82 valence electrons. The SMILES string of the molecule is Cl.O=C(O)C1Cc2c(Cl)cccc2CN1. The molecule has 5 heteroatoms. The minimum Gasteiger partial charge on any atom is -0.480 e. The maximum atomic E-state index is 10.8. The molecular formula is C10H11Cl2NO2. The average Bonchev–Trinajstić information content (AvgIpc) is 2.18. The Kier molecular flexibility index (Phi) is 3.97. The third-order valence-electron chi connectivity index (χ3n) is 2.46. The molecule has 1 atom stereocenters. The molecule has 0 fully saturated rings. The minimum absolute atomic E-state index is 0. The van der Waals surface area contributed by atoms with Gasteiger partial charge in [-0.3, -0.25) is 4.79 Å². The summed E-state index contributed by atoms with van der Waals surface area (Å²) in [5, 5.41) is 12.5. The fourth-order valence-electron chi connectivity index (χ4n) is 1.68. The predicted molar refractivity (Wildman–Crippen MR) is 60.7 cm³/mol. The first-order valence-electron chi connectivity index (χ1n) is 4.41. The van der Waals surface area contributed by atoms with Crippen molar-refractivity contribution in [3.8, 4) is 0 Å². The number of hydrogen-bond donors (Lipinski definition) is 2. The van der Waals surface area contributed by atoms with Crippen LogP contribution in [0.5, 0.6) is 0 Å². The molecule has 0 aromatic heterocycles. The van der Waals surface area contributed by atoms with E-state index in [1.54, 1.807) is 6.07 Å². The molecule has 2 N–H and O–H groups in total. The van der Waals surface area contributed by atoms with Crippen molar-refractivity contribution >= 4 is 30.0 Å². The number of carboxylic acids is 1. The van der Waals surface area contributed by atoms with Crippen molar-refractivity contribution in [1.82, 2.24) is 5.32 Å². The topological polar surface area (TPSA) is 49.3 Å². The Bertz CT molecular complexity index is 382. The van der Waals surface area contributed by atoms with Gasteiger partial charge in [-0.25, -0.2) is 0 Å². The van der Waals surface area contributed by atoms with Crippen LogP contribution >= 0.6 is 24.0 Å². The van der Waals surface area contributed by atoms with E-state index in [2.05, 4.69) is 5.32 Å². The summed E-state index contributed by atoms with van der Waals surface area (Å²) in [5.41, 5.74) is 2.05. The molecule has 0 saturated heterocycles. The van der Waals surface area contributed by atoms with Crippen LogP contribution in [0.4, 0.5) is 0 Å². The number of aliphatic carboxylic acids is 1. The van der Waals surface area contributed by atoms with Gasteiger partial charge >= 0.3 is 5.97 Å². The van der Waals surface area contributed by atoms with Crippen molar-refractivity contribution in [2.75, 3.05) is 0 Å². The number of benzene rings is 1. The maximum Gasteiger partial charge on any atom is 0.321 e. The summed E-state index contributed by atoms with van der Waals surface area (Å²) in [4.78, 5) is 10.8. The van der Waals surface area contributed by atoms with Gasteiger partial charge in [-0.05, 0) is 17.2 Å². The molecule has 0 bridgehead atoms. The Morgan fingerprint density at radius 3 is 2.93 bits per heavy atom. The second-order valence-electron chi connectivity index (χ2n) is 3.35. The van der Waals surface area contributed by atoms with E-state index in [1.165, 1.54) is 0 Å². The highest BCUT2D eigenvalue weighted by Crippen LogP contribution is 2.24. The van der Waals surface area contributed by atoms with E-state index in [9.17, 15) is 4.79 Å². The van der Waals surface area contributed by atoms with Crippen molar-refractivity contribution in [3.63, 3.8) is 0 Å². The number of nitrogens with one attached hydrogen (secondary N) is 1. The van der Waals surface area contributed by atoms with Crippen molar-refractivity contribution in [3.05, 3.63) is 34.3 Å². The fourth-order valence-corrected chi connectivity index (χ4v) is 1.95. The Hall–Kier alpha value is -0.770. The van der Waals surface area contributed by atoms with E-state index in [1.807, 2.05) is 12.1 Å². The van der Waals surface area contributed by atoms with Crippen LogP contribution in [-0.2, 0) is 17.8 Å². The third kappa shape index (κ3) is 2.43. The van der Waals surface area contributed by atoms with Gasteiger partial charge in [0, 0.05) is 18.0 Å². The number of hydrogen-bond acceptors (Lipinski definition) is 2. The van der Waals surface area contributed by atoms with E-state index in [-0.39, 0.29) is 12.4 Å². The van der Waals surface area contributed by atoms with Gasteiger partial charge in [0.2, 0.25) is 0 Å². The van der Waals surface area contributed by atoms with Gasteiger partial charge in [0.15, 0.2) is 0 Å². The fraction of sp³-hybridized carbons (Fsp3) is 0.300. The first-order chi connectivity index (χ1) is 6.68. The molecule has 1 aliphatic heterocycles. The number of carboxylic acid groups (broad SMARTS) is 1. The lowest BCUT2D eigenvalue weighted by Crippen LogP contribution is -2.41. The van der Waals surface area contributed by atoms with Crippen molar-refractivity contribution in [1.29, 1.82) is 0 Å². The quantitative estimate of drug-likeness (QED) is 0.797. The zero-order valence-electron chi connectivity index (χ0n) is 7.87. The molecule has 0 aliphatic carbocycles. The summed E-state index contributed by atoms with van der Waals surface area (Å²) in [5.74, 6) is -0.824. The molecule has 2 rings (SSSR count). The van der Waals surface area contributed by atoms with Crippen molar-refractivity contribution in [2.45, 2.75) is 19.0 Å². The van der Waals surface area contributed by atoms with Crippen molar-refractivity contribution < 1.29 is 9.90 Å². The molecule has 3 nitrogen and oxygen atoms in total. The summed E-state index contributed by atoms with van der Waals surface area (Å²) in [7, 11) is 0. The van der Waals surface area contributed by atoms with E-state index in [0.29, 0.717) is 18.0 Å². The standard InChI is InChI=1S/C10H10ClNO2.ClH/c11-8-3-1-2-6-5-12-9(10(13)14)4-7(6)8;/h1-3,9,12H,4-5H2,(H,13,14);1H. The van der Waals surface area contributed by atoms with Crippen LogP contribution in [0.25, 0.3) is 0 Å². The van der Waals surface area contributed by atoms with Gasteiger partial charge in [-0.1, -0.05) is 23.7 Å². The Labute approximate surface area is 98.8 Å². The summed E-state index contributed by atoms with van der Waals surface area (Å²) in [6.07, 6.45) is 0.463. The summed E-state index contributed by atoms with van der Waals surface area (Å²) >= 11 is 5.99. The number of rotatable bonds is 1.